The number of anilines is 1. The van der Waals surface area contributed by atoms with E-state index >= 15 is 0 Å². The van der Waals surface area contributed by atoms with Crippen LogP contribution in [0.1, 0.15) is 29.1 Å². The largest absolute Gasteiger partial charge is 0.366 e. The number of nitrogens with one attached hydrogen (secondary N) is 2. The summed E-state index contributed by atoms with van der Waals surface area (Å²) < 4.78 is 0. The number of nitrogens with two attached hydrogens (primary N) is 1. The van der Waals surface area contributed by atoms with Gasteiger partial charge in [-0.05, 0) is 49.6 Å². The lowest BCUT2D eigenvalue weighted by molar-refractivity contribution is -0.925. The third-order valence-corrected chi connectivity index (χ3v) is 4.75. The molecule has 0 bridgehead atoms. The summed E-state index contributed by atoms with van der Waals surface area (Å²) in [6, 6.07) is 10.5. The minimum absolute atomic E-state index is 0.0368. The van der Waals surface area contributed by atoms with Gasteiger partial charge in [-0.25, -0.2) is 0 Å². The number of carbonyl (C=O) groups excluding carboxylic acids is 2. The van der Waals surface area contributed by atoms with Gasteiger partial charge in [0.2, 0.25) is 5.91 Å². The molecule has 2 amide bonds. The van der Waals surface area contributed by atoms with Crippen LogP contribution in [-0.2, 0) is 11.3 Å². The Labute approximate surface area is 140 Å². The minimum atomic E-state index is -0.478. The lowest BCUT2D eigenvalue weighted by Crippen LogP contribution is -3.15. The van der Waals surface area contributed by atoms with Crippen molar-refractivity contribution in [3.05, 3.63) is 52.2 Å². The van der Waals surface area contributed by atoms with Crippen molar-refractivity contribution in [2.45, 2.75) is 26.4 Å². The zero-order chi connectivity index (χ0) is 16.8. The van der Waals surface area contributed by atoms with Gasteiger partial charge >= 0.3 is 0 Å². The molecule has 0 aliphatic carbocycles. The van der Waals surface area contributed by atoms with Gasteiger partial charge in [0.1, 0.15) is 6.54 Å². The Bertz CT molecular complexity index is 653. The summed E-state index contributed by atoms with van der Waals surface area (Å²) in [7, 11) is 0. The summed E-state index contributed by atoms with van der Waals surface area (Å²) in [4.78, 5) is 26.0. The third-order valence-electron chi connectivity index (χ3n) is 3.88. The topological polar surface area (TPSA) is 76.6 Å². The van der Waals surface area contributed by atoms with Gasteiger partial charge in [0.05, 0.1) is 11.4 Å². The Morgan fingerprint density at radius 1 is 1.26 bits per heavy atom. The summed E-state index contributed by atoms with van der Waals surface area (Å²) in [5.74, 6) is -0.515. The molecule has 0 radical (unpaired) electrons. The van der Waals surface area contributed by atoms with Crippen LogP contribution in [-0.4, -0.2) is 24.4 Å². The molecule has 2 atom stereocenters. The fraction of sp³-hybridized carbons (Fsp3) is 0.294. The van der Waals surface area contributed by atoms with Gasteiger partial charge in [0, 0.05) is 11.3 Å². The molecular weight excluding hydrogens is 310 g/mol. The number of rotatable bonds is 7. The van der Waals surface area contributed by atoms with E-state index in [4.69, 9.17) is 5.73 Å². The van der Waals surface area contributed by atoms with Gasteiger partial charge < -0.3 is 16.0 Å². The van der Waals surface area contributed by atoms with Crippen LogP contribution in [0.2, 0.25) is 0 Å². The van der Waals surface area contributed by atoms with Crippen LogP contribution in [0, 0.1) is 0 Å². The van der Waals surface area contributed by atoms with Crippen molar-refractivity contribution in [2.75, 3.05) is 11.9 Å². The number of hydrogen-bond donors (Lipinski definition) is 3. The van der Waals surface area contributed by atoms with Crippen molar-refractivity contribution >= 4 is 28.8 Å². The predicted octanol–water partition coefficient (Wildman–Crippen LogP) is 1.28. The first-order chi connectivity index (χ1) is 11.0. The van der Waals surface area contributed by atoms with E-state index in [2.05, 4.69) is 18.3 Å². The summed E-state index contributed by atoms with van der Waals surface area (Å²) in [6.45, 7) is 5.71. The highest BCUT2D eigenvalue weighted by molar-refractivity contribution is 7.09. The molecule has 4 N–H and O–H groups in total. The van der Waals surface area contributed by atoms with Crippen LogP contribution in [0.5, 0.6) is 0 Å². The number of thiophene rings is 1. The number of benzene rings is 1. The maximum atomic E-state index is 12.4. The van der Waals surface area contributed by atoms with E-state index in [0.717, 1.165) is 13.1 Å². The molecule has 1 aromatic heterocycles. The van der Waals surface area contributed by atoms with E-state index in [1.807, 2.05) is 18.4 Å². The lowest BCUT2D eigenvalue weighted by Gasteiger charge is -2.23. The molecule has 1 aromatic carbocycles. The van der Waals surface area contributed by atoms with Gasteiger partial charge in [0.15, 0.2) is 6.04 Å². The van der Waals surface area contributed by atoms with Crippen LogP contribution in [0.4, 0.5) is 5.69 Å². The summed E-state index contributed by atoms with van der Waals surface area (Å²) in [5.41, 5.74) is 6.30. The molecule has 5 nitrogen and oxygen atoms in total. The average Bonchev–Trinajstić information content (AvgIpc) is 3.05. The van der Waals surface area contributed by atoms with Crippen molar-refractivity contribution in [3.8, 4) is 0 Å². The number of likely N-dealkylation sites (N-methyl/N-ethyl adjacent to an activating group) is 1. The first-order valence-electron chi connectivity index (χ1n) is 7.59. The molecule has 0 aliphatic heterocycles. The second kappa shape index (κ2) is 7.89. The van der Waals surface area contributed by atoms with Crippen LogP contribution in [0.25, 0.3) is 0 Å². The third kappa shape index (κ3) is 4.64. The molecule has 1 unspecified atom stereocenters. The minimum Gasteiger partial charge on any atom is -0.366 e. The number of hydrogen-bond acceptors (Lipinski definition) is 3. The van der Waals surface area contributed by atoms with E-state index in [-0.39, 0.29) is 11.9 Å². The molecule has 2 rings (SSSR count). The van der Waals surface area contributed by atoms with Gasteiger partial charge in [0.25, 0.3) is 5.91 Å². The first-order valence-corrected chi connectivity index (χ1v) is 8.47. The standard InChI is InChI=1S/C17H21N3O2S/c1-3-20(11-15-5-4-10-23-15)12(2)17(22)19-14-8-6-13(7-9-14)16(18)21/h4-10,12H,3,11H2,1-2H3,(H2,18,21)(H,19,22)/p+1/t12-/m0/s1. The SMILES string of the molecule is CC[NH+](Cc1cccs1)[C@@H](C)C(=O)Nc1ccc(C(N)=O)cc1. The Kier molecular flexibility index (Phi) is 5.90. The smallest absolute Gasteiger partial charge is 0.282 e. The Balaban J connectivity index is 1.98. The molecule has 23 heavy (non-hydrogen) atoms. The highest BCUT2D eigenvalue weighted by atomic mass is 32.1. The number of primary amides is 1. The van der Waals surface area contributed by atoms with Gasteiger partial charge in [-0.15, -0.1) is 11.3 Å². The van der Waals surface area contributed by atoms with E-state index < -0.39 is 5.91 Å². The zero-order valence-corrected chi connectivity index (χ0v) is 14.2. The quantitative estimate of drug-likeness (QED) is 0.714. The molecular formula is C17H22N3O2S+. The zero-order valence-electron chi connectivity index (χ0n) is 13.3. The number of quaternary nitrogens is 1. The van der Waals surface area contributed by atoms with E-state index in [9.17, 15) is 9.59 Å². The van der Waals surface area contributed by atoms with Crippen molar-refractivity contribution in [3.63, 3.8) is 0 Å². The molecule has 2 aromatic rings. The molecule has 0 aliphatic rings. The maximum absolute atomic E-state index is 12.4. The molecule has 0 fully saturated rings. The second-order valence-electron chi connectivity index (χ2n) is 5.42. The predicted molar refractivity (Wildman–Crippen MR) is 92.6 cm³/mol. The number of carbonyl (C=O) groups is 2. The highest BCUT2D eigenvalue weighted by Crippen LogP contribution is 2.10. The first kappa shape index (κ1) is 17.2. The van der Waals surface area contributed by atoms with E-state index in [1.165, 1.54) is 9.78 Å². The highest BCUT2D eigenvalue weighted by Gasteiger charge is 2.24. The van der Waals surface area contributed by atoms with Crippen LogP contribution in [0.3, 0.4) is 0 Å². The molecule has 0 saturated heterocycles. The Morgan fingerprint density at radius 2 is 1.96 bits per heavy atom. The van der Waals surface area contributed by atoms with E-state index in [0.29, 0.717) is 11.3 Å². The second-order valence-corrected chi connectivity index (χ2v) is 6.45. The van der Waals surface area contributed by atoms with Crippen molar-refractivity contribution < 1.29 is 14.5 Å². The van der Waals surface area contributed by atoms with Crippen molar-refractivity contribution in [2.24, 2.45) is 5.73 Å². The summed E-state index contributed by atoms with van der Waals surface area (Å²) in [6.07, 6.45) is 0. The molecule has 0 saturated carbocycles. The van der Waals surface area contributed by atoms with Gasteiger partial charge in [-0.2, -0.15) is 0 Å². The van der Waals surface area contributed by atoms with Crippen molar-refractivity contribution in [1.82, 2.24) is 0 Å². The van der Waals surface area contributed by atoms with E-state index in [1.54, 1.807) is 35.6 Å². The maximum Gasteiger partial charge on any atom is 0.282 e. The Morgan fingerprint density at radius 3 is 2.48 bits per heavy atom. The average molecular weight is 332 g/mol. The molecule has 6 heteroatoms. The van der Waals surface area contributed by atoms with Crippen LogP contribution >= 0.6 is 11.3 Å². The fourth-order valence-corrected chi connectivity index (χ4v) is 3.13. The summed E-state index contributed by atoms with van der Waals surface area (Å²) >= 11 is 1.71. The molecule has 122 valence electrons. The molecule has 1 heterocycles. The summed E-state index contributed by atoms with van der Waals surface area (Å²) in [5, 5.41) is 4.94. The van der Waals surface area contributed by atoms with Crippen LogP contribution < -0.4 is 16.0 Å². The Hall–Kier alpha value is -2.18. The normalized spacial score (nSPS) is 13.3. The van der Waals surface area contributed by atoms with Crippen molar-refractivity contribution in [1.29, 1.82) is 0 Å². The van der Waals surface area contributed by atoms with Crippen LogP contribution in [0.15, 0.2) is 41.8 Å². The molecule has 0 spiro atoms. The fourth-order valence-electron chi connectivity index (χ4n) is 2.37. The lowest BCUT2D eigenvalue weighted by atomic mass is 10.2. The van der Waals surface area contributed by atoms with Gasteiger partial charge in [-0.1, -0.05) is 6.07 Å². The van der Waals surface area contributed by atoms with Gasteiger partial charge in [-0.3, -0.25) is 9.59 Å². The number of amides is 2. The monoisotopic (exact) mass is 332 g/mol.